The Morgan fingerprint density at radius 2 is 2.36 bits per heavy atom. The van der Waals surface area contributed by atoms with E-state index >= 15 is 0 Å². The maximum atomic E-state index is 10.7. The maximum absolute atomic E-state index is 10.7. The van der Waals surface area contributed by atoms with Crippen molar-refractivity contribution in [2.75, 3.05) is 0 Å². The molecule has 4 heteroatoms. The second-order valence-electron chi connectivity index (χ2n) is 2.80. The molecule has 1 aromatic heterocycles. The van der Waals surface area contributed by atoms with Crippen molar-refractivity contribution in [3.8, 4) is 0 Å². The lowest BCUT2D eigenvalue weighted by molar-refractivity contribution is -0.142. The molecule has 1 heterocycles. The molecule has 0 saturated carbocycles. The highest BCUT2D eigenvalue weighted by Gasteiger charge is 2.30. The smallest absolute Gasteiger partial charge is 0.315 e. The molecular formula is C7H9NO2S. The predicted octanol–water partition coefficient (Wildman–Crippen LogP) is 1.51. The van der Waals surface area contributed by atoms with Crippen LogP contribution in [-0.4, -0.2) is 16.1 Å². The quantitative estimate of drug-likeness (QED) is 0.733. The maximum Gasteiger partial charge on any atom is 0.315 e. The molecule has 0 fully saturated rings. The standard InChI is InChI=1S/C7H9NO2S/c1-7(2,6(9)10)5-3-11-4-8-5/h3-4H,1-2H3,(H,9,10). The number of hydrogen-bond acceptors (Lipinski definition) is 3. The lowest BCUT2D eigenvalue weighted by Crippen LogP contribution is -2.28. The van der Waals surface area contributed by atoms with Gasteiger partial charge in [0.25, 0.3) is 0 Å². The summed E-state index contributed by atoms with van der Waals surface area (Å²) >= 11 is 1.41. The molecule has 0 aliphatic rings. The van der Waals surface area contributed by atoms with Crippen molar-refractivity contribution in [3.63, 3.8) is 0 Å². The van der Waals surface area contributed by atoms with E-state index < -0.39 is 11.4 Å². The zero-order valence-corrected chi connectivity index (χ0v) is 7.18. The number of aliphatic carboxylic acids is 1. The Morgan fingerprint density at radius 3 is 2.73 bits per heavy atom. The van der Waals surface area contributed by atoms with Gasteiger partial charge in [-0.25, -0.2) is 4.98 Å². The highest BCUT2D eigenvalue weighted by Crippen LogP contribution is 2.22. The fourth-order valence-corrected chi connectivity index (χ4v) is 1.35. The summed E-state index contributed by atoms with van der Waals surface area (Å²) in [5, 5.41) is 10.5. The summed E-state index contributed by atoms with van der Waals surface area (Å²) < 4.78 is 0. The Bertz CT molecular complexity index is 253. The number of nitrogens with zero attached hydrogens (tertiary/aromatic N) is 1. The first kappa shape index (κ1) is 8.20. The van der Waals surface area contributed by atoms with E-state index in [1.165, 1.54) is 11.3 Å². The van der Waals surface area contributed by atoms with Crippen molar-refractivity contribution in [2.24, 2.45) is 0 Å². The average Bonchev–Trinajstić information content (AvgIpc) is 2.37. The topological polar surface area (TPSA) is 50.2 Å². The molecule has 1 aromatic rings. The molecule has 0 aliphatic heterocycles. The van der Waals surface area contributed by atoms with Gasteiger partial charge in [0.05, 0.1) is 11.2 Å². The molecule has 3 nitrogen and oxygen atoms in total. The number of rotatable bonds is 2. The SMILES string of the molecule is CC(C)(C(=O)O)c1cscn1. The van der Waals surface area contributed by atoms with Gasteiger partial charge in [-0.15, -0.1) is 11.3 Å². The first-order valence-electron chi connectivity index (χ1n) is 3.17. The molecule has 11 heavy (non-hydrogen) atoms. The van der Waals surface area contributed by atoms with Gasteiger partial charge in [0.2, 0.25) is 0 Å². The first-order valence-corrected chi connectivity index (χ1v) is 4.11. The Kier molecular flexibility index (Phi) is 1.95. The van der Waals surface area contributed by atoms with Gasteiger partial charge >= 0.3 is 5.97 Å². The molecule has 0 aromatic carbocycles. The summed E-state index contributed by atoms with van der Waals surface area (Å²) in [6.45, 7) is 3.29. The Hall–Kier alpha value is -0.900. The van der Waals surface area contributed by atoms with Crippen molar-refractivity contribution < 1.29 is 9.90 Å². The van der Waals surface area contributed by atoms with Gasteiger partial charge in [-0.2, -0.15) is 0 Å². The number of carboxylic acids is 1. The van der Waals surface area contributed by atoms with E-state index in [2.05, 4.69) is 4.98 Å². The average molecular weight is 171 g/mol. The third-order valence-corrected chi connectivity index (χ3v) is 2.19. The molecule has 0 aliphatic carbocycles. The molecule has 0 radical (unpaired) electrons. The van der Waals surface area contributed by atoms with Crippen molar-refractivity contribution in [1.29, 1.82) is 0 Å². The number of carbonyl (C=O) groups is 1. The molecule has 0 unspecified atom stereocenters. The van der Waals surface area contributed by atoms with Gasteiger partial charge < -0.3 is 5.11 Å². The molecule has 1 N–H and O–H groups in total. The Morgan fingerprint density at radius 1 is 1.73 bits per heavy atom. The van der Waals surface area contributed by atoms with Crippen molar-refractivity contribution in [1.82, 2.24) is 4.98 Å². The van der Waals surface area contributed by atoms with Crippen LogP contribution in [0.3, 0.4) is 0 Å². The van der Waals surface area contributed by atoms with Gasteiger partial charge in [0.15, 0.2) is 0 Å². The Balaban J connectivity index is 3.00. The van der Waals surface area contributed by atoms with Crippen LogP contribution in [-0.2, 0) is 10.2 Å². The summed E-state index contributed by atoms with van der Waals surface area (Å²) in [5.74, 6) is -0.844. The van der Waals surface area contributed by atoms with Crippen LogP contribution in [0.25, 0.3) is 0 Å². The highest BCUT2D eigenvalue weighted by molar-refractivity contribution is 7.07. The lowest BCUT2D eigenvalue weighted by Gasteiger charge is -2.15. The monoisotopic (exact) mass is 171 g/mol. The summed E-state index contributed by atoms with van der Waals surface area (Å²) in [6.07, 6.45) is 0. The largest absolute Gasteiger partial charge is 0.481 e. The molecule has 0 bridgehead atoms. The van der Waals surface area contributed by atoms with Crippen LogP contribution >= 0.6 is 11.3 Å². The fourth-order valence-electron chi connectivity index (χ4n) is 0.631. The lowest BCUT2D eigenvalue weighted by atomic mass is 9.91. The van der Waals surface area contributed by atoms with E-state index in [9.17, 15) is 4.79 Å². The van der Waals surface area contributed by atoms with Crippen LogP contribution < -0.4 is 0 Å². The van der Waals surface area contributed by atoms with Crippen LogP contribution in [0.1, 0.15) is 19.5 Å². The molecule has 0 atom stereocenters. The fraction of sp³-hybridized carbons (Fsp3) is 0.429. The number of hydrogen-bond donors (Lipinski definition) is 1. The molecule has 1 rings (SSSR count). The third kappa shape index (κ3) is 1.40. The third-order valence-electron chi connectivity index (χ3n) is 1.61. The van der Waals surface area contributed by atoms with E-state index in [1.807, 2.05) is 0 Å². The van der Waals surface area contributed by atoms with Gasteiger partial charge in [-0.05, 0) is 13.8 Å². The van der Waals surface area contributed by atoms with Crippen molar-refractivity contribution in [2.45, 2.75) is 19.3 Å². The predicted molar refractivity (Wildman–Crippen MR) is 42.8 cm³/mol. The van der Waals surface area contributed by atoms with Crippen LogP contribution in [0.2, 0.25) is 0 Å². The van der Waals surface area contributed by atoms with Gasteiger partial charge in [-0.1, -0.05) is 0 Å². The minimum Gasteiger partial charge on any atom is -0.481 e. The van der Waals surface area contributed by atoms with Crippen LogP contribution in [0, 0.1) is 0 Å². The van der Waals surface area contributed by atoms with E-state index in [4.69, 9.17) is 5.11 Å². The number of carboxylic acid groups (broad SMARTS) is 1. The van der Waals surface area contributed by atoms with Crippen molar-refractivity contribution in [3.05, 3.63) is 16.6 Å². The van der Waals surface area contributed by atoms with Crippen LogP contribution in [0.15, 0.2) is 10.9 Å². The van der Waals surface area contributed by atoms with Crippen LogP contribution in [0.5, 0.6) is 0 Å². The normalized spacial score (nSPS) is 11.5. The molecule has 0 saturated heterocycles. The van der Waals surface area contributed by atoms with E-state index in [-0.39, 0.29) is 0 Å². The molecule has 60 valence electrons. The van der Waals surface area contributed by atoms with Gasteiger partial charge in [-0.3, -0.25) is 4.79 Å². The number of aromatic nitrogens is 1. The summed E-state index contributed by atoms with van der Waals surface area (Å²) in [4.78, 5) is 14.6. The van der Waals surface area contributed by atoms with Gasteiger partial charge in [0, 0.05) is 5.38 Å². The number of thiazole rings is 1. The Labute approximate surface area is 68.7 Å². The summed E-state index contributed by atoms with van der Waals surface area (Å²) in [6, 6.07) is 0. The second-order valence-corrected chi connectivity index (χ2v) is 3.52. The molecule has 0 spiro atoms. The van der Waals surface area contributed by atoms with Gasteiger partial charge in [0.1, 0.15) is 5.41 Å². The van der Waals surface area contributed by atoms with E-state index in [0.29, 0.717) is 5.69 Å². The zero-order chi connectivity index (χ0) is 8.48. The highest BCUT2D eigenvalue weighted by atomic mass is 32.1. The second kappa shape index (κ2) is 2.62. The first-order chi connectivity index (χ1) is 5.05. The summed E-state index contributed by atoms with van der Waals surface area (Å²) in [7, 11) is 0. The molecular weight excluding hydrogens is 162 g/mol. The minimum absolute atomic E-state index is 0.620. The van der Waals surface area contributed by atoms with Crippen LogP contribution in [0.4, 0.5) is 0 Å². The van der Waals surface area contributed by atoms with Crippen molar-refractivity contribution >= 4 is 17.3 Å². The zero-order valence-electron chi connectivity index (χ0n) is 6.37. The molecule has 0 amide bonds. The summed E-state index contributed by atoms with van der Waals surface area (Å²) in [5.41, 5.74) is 1.40. The minimum atomic E-state index is -0.861. The van der Waals surface area contributed by atoms with E-state index in [1.54, 1.807) is 24.7 Å². The van der Waals surface area contributed by atoms with E-state index in [0.717, 1.165) is 0 Å².